The monoisotopic (exact) mass is 336 g/mol. The summed E-state index contributed by atoms with van der Waals surface area (Å²) in [6.07, 6.45) is 2.97. The first kappa shape index (κ1) is 18.9. The van der Waals surface area contributed by atoms with Crippen molar-refractivity contribution in [2.75, 3.05) is 39.9 Å². The number of allylic oxidation sites excluding steroid dienone is 1. The van der Waals surface area contributed by atoms with Crippen molar-refractivity contribution in [2.24, 2.45) is 0 Å². The summed E-state index contributed by atoms with van der Waals surface area (Å²) >= 11 is 0. The molecule has 0 spiro atoms. The number of methoxy groups -OCH3 is 1. The molecule has 1 fully saturated rings. The summed E-state index contributed by atoms with van der Waals surface area (Å²) in [7, 11) is 1.59. The van der Waals surface area contributed by atoms with Gasteiger partial charge in [0.2, 0.25) is 0 Å². The molecule has 1 heterocycles. The van der Waals surface area contributed by atoms with Gasteiger partial charge < -0.3 is 9.84 Å². The fraction of sp³-hybridized carbons (Fsp3) is 0.579. The third-order valence-electron chi connectivity index (χ3n) is 4.53. The highest BCUT2D eigenvalue weighted by Gasteiger charge is 2.26. The zero-order valence-corrected chi connectivity index (χ0v) is 15.0. The number of aliphatic hydroxyl groups is 1. The minimum Gasteiger partial charge on any atom is -0.497 e. The first-order valence-electron chi connectivity index (χ1n) is 8.56. The lowest BCUT2D eigenvalue weighted by atomic mass is 10.1. The van der Waals surface area contributed by atoms with Crippen molar-refractivity contribution in [3.8, 4) is 5.75 Å². The molecule has 5 heteroatoms. The van der Waals surface area contributed by atoms with Crippen molar-refractivity contribution in [3.05, 3.63) is 41.2 Å². The van der Waals surface area contributed by atoms with Gasteiger partial charge in [-0.25, -0.2) is 4.39 Å². The normalized spacial score (nSPS) is 19.3. The Labute approximate surface area is 144 Å². The Balaban J connectivity index is 2.02. The van der Waals surface area contributed by atoms with Gasteiger partial charge >= 0.3 is 0 Å². The average molecular weight is 336 g/mol. The standard InChI is InChI=1S/C19H29FN2O2/c1-15(2)6-8-22-10-9-21(14-17(22)7-11-23)13-16-12-18(24-3)4-5-19(16)20/h4-6,12,17,23H,7-11,13-14H2,1-3H3/t17-/m1/s1. The maximum Gasteiger partial charge on any atom is 0.127 e. The van der Waals surface area contributed by atoms with Crippen LogP contribution < -0.4 is 4.74 Å². The van der Waals surface area contributed by atoms with Crippen molar-refractivity contribution in [3.63, 3.8) is 0 Å². The zero-order chi connectivity index (χ0) is 17.5. The minimum absolute atomic E-state index is 0.178. The minimum atomic E-state index is -0.193. The third kappa shape index (κ3) is 5.30. The zero-order valence-electron chi connectivity index (χ0n) is 15.0. The van der Waals surface area contributed by atoms with Gasteiger partial charge in [-0.15, -0.1) is 0 Å². The van der Waals surface area contributed by atoms with Crippen molar-refractivity contribution in [1.82, 2.24) is 9.80 Å². The number of hydrogen-bond acceptors (Lipinski definition) is 4. The van der Waals surface area contributed by atoms with Crippen LogP contribution in [0.2, 0.25) is 0 Å². The average Bonchev–Trinajstić information content (AvgIpc) is 2.56. The molecule has 24 heavy (non-hydrogen) atoms. The van der Waals surface area contributed by atoms with Crippen LogP contribution in [-0.2, 0) is 6.54 Å². The van der Waals surface area contributed by atoms with Gasteiger partial charge in [0.15, 0.2) is 0 Å². The molecule has 1 saturated heterocycles. The molecule has 1 aliphatic heterocycles. The second-order valence-corrected chi connectivity index (χ2v) is 6.63. The number of hydrogen-bond donors (Lipinski definition) is 1. The first-order valence-corrected chi connectivity index (χ1v) is 8.56. The largest absolute Gasteiger partial charge is 0.497 e. The van der Waals surface area contributed by atoms with Crippen LogP contribution in [0, 0.1) is 5.82 Å². The lowest BCUT2D eigenvalue weighted by Crippen LogP contribution is -2.53. The van der Waals surface area contributed by atoms with Gasteiger partial charge in [-0.3, -0.25) is 9.80 Å². The molecule has 1 aromatic rings. The number of aliphatic hydroxyl groups excluding tert-OH is 1. The molecular formula is C19H29FN2O2. The lowest BCUT2D eigenvalue weighted by Gasteiger charge is -2.41. The number of ether oxygens (including phenoxy) is 1. The van der Waals surface area contributed by atoms with Gasteiger partial charge in [0.25, 0.3) is 0 Å². The van der Waals surface area contributed by atoms with E-state index in [1.165, 1.54) is 11.6 Å². The van der Waals surface area contributed by atoms with Crippen molar-refractivity contribution < 1.29 is 14.2 Å². The highest BCUT2D eigenvalue weighted by atomic mass is 19.1. The molecule has 1 aliphatic rings. The van der Waals surface area contributed by atoms with E-state index in [4.69, 9.17) is 4.74 Å². The molecule has 0 amide bonds. The van der Waals surface area contributed by atoms with E-state index in [0.717, 1.165) is 32.6 Å². The Morgan fingerprint density at radius 1 is 1.38 bits per heavy atom. The summed E-state index contributed by atoms with van der Waals surface area (Å²) in [4.78, 5) is 4.67. The predicted octanol–water partition coefficient (Wildman–Crippen LogP) is 2.67. The Bertz CT molecular complexity index is 558. The van der Waals surface area contributed by atoms with E-state index in [2.05, 4.69) is 29.7 Å². The molecule has 0 radical (unpaired) electrons. The molecule has 1 atom stereocenters. The number of rotatable bonds is 7. The van der Waals surface area contributed by atoms with Crippen LogP contribution in [0.15, 0.2) is 29.8 Å². The van der Waals surface area contributed by atoms with Gasteiger partial charge in [-0.2, -0.15) is 0 Å². The second kappa shape index (κ2) is 9.16. The quantitative estimate of drug-likeness (QED) is 0.777. The highest BCUT2D eigenvalue weighted by Crippen LogP contribution is 2.21. The maximum absolute atomic E-state index is 14.1. The van der Waals surface area contributed by atoms with E-state index >= 15 is 0 Å². The smallest absolute Gasteiger partial charge is 0.127 e. The highest BCUT2D eigenvalue weighted by molar-refractivity contribution is 5.29. The van der Waals surface area contributed by atoms with Crippen molar-refractivity contribution >= 4 is 0 Å². The maximum atomic E-state index is 14.1. The fourth-order valence-corrected chi connectivity index (χ4v) is 3.10. The molecule has 1 aromatic carbocycles. The summed E-state index contributed by atoms with van der Waals surface area (Å²) in [5, 5.41) is 9.36. The molecule has 2 rings (SSSR count). The molecule has 0 aliphatic carbocycles. The summed E-state index contributed by atoms with van der Waals surface area (Å²) in [6, 6.07) is 5.18. The molecule has 134 valence electrons. The van der Waals surface area contributed by atoms with E-state index in [-0.39, 0.29) is 12.4 Å². The van der Waals surface area contributed by atoms with Gasteiger partial charge in [0.1, 0.15) is 11.6 Å². The Hall–Kier alpha value is -1.43. The van der Waals surface area contributed by atoms with E-state index in [1.807, 2.05) is 0 Å². The number of nitrogens with zero attached hydrogens (tertiary/aromatic N) is 2. The predicted molar refractivity (Wildman–Crippen MR) is 94.7 cm³/mol. The molecule has 0 aromatic heterocycles. The summed E-state index contributed by atoms with van der Waals surface area (Å²) in [5.74, 6) is 0.488. The molecule has 0 unspecified atom stereocenters. The molecule has 0 saturated carbocycles. The van der Waals surface area contributed by atoms with Crippen LogP contribution >= 0.6 is 0 Å². The van der Waals surface area contributed by atoms with Crippen LogP contribution in [0.1, 0.15) is 25.8 Å². The van der Waals surface area contributed by atoms with Crippen LogP contribution in [-0.4, -0.2) is 60.8 Å². The summed E-state index contributed by atoms with van der Waals surface area (Å²) in [6.45, 7) is 8.53. The second-order valence-electron chi connectivity index (χ2n) is 6.63. The Morgan fingerprint density at radius 2 is 2.17 bits per heavy atom. The van der Waals surface area contributed by atoms with Crippen molar-refractivity contribution in [1.29, 1.82) is 0 Å². The van der Waals surface area contributed by atoms with Gasteiger partial charge in [0, 0.05) is 50.9 Å². The summed E-state index contributed by atoms with van der Waals surface area (Å²) < 4.78 is 19.2. The van der Waals surface area contributed by atoms with Gasteiger partial charge in [-0.1, -0.05) is 11.6 Å². The molecule has 4 nitrogen and oxygen atoms in total. The van der Waals surface area contributed by atoms with Crippen LogP contribution in [0.3, 0.4) is 0 Å². The number of benzene rings is 1. The fourth-order valence-electron chi connectivity index (χ4n) is 3.10. The number of halogens is 1. The Morgan fingerprint density at radius 3 is 2.83 bits per heavy atom. The van der Waals surface area contributed by atoms with Crippen LogP contribution in [0.25, 0.3) is 0 Å². The van der Waals surface area contributed by atoms with Crippen LogP contribution in [0.4, 0.5) is 4.39 Å². The Kier molecular flexibility index (Phi) is 7.21. The third-order valence-corrected chi connectivity index (χ3v) is 4.53. The van der Waals surface area contributed by atoms with E-state index in [0.29, 0.717) is 23.9 Å². The molecule has 0 bridgehead atoms. The van der Waals surface area contributed by atoms with Gasteiger partial charge in [-0.05, 0) is 38.5 Å². The van der Waals surface area contributed by atoms with E-state index in [9.17, 15) is 9.50 Å². The van der Waals surface area contributed by atoms with Gasteiger partial charge in [0.05, 0.1) is 7.11 Å². The van der Waals surface area contributed by atoms with Crippen molar-refractivity contribution in [2.45, 2.75) is 32.9 Å². The van der Waals surface area contributed by atoms with E-state index < -0.39 is 0 Å². The topological polar surface area (TPSA) is 35.9 Å². The SMILES string of the molecule is COc1ccc(F)c(CN2CCN(CC=C(C)C)[C@H](CCO)C2)c1. The van der Waals surface area contributed by atoms with Crippen LogP contribution in [0.5, 0.6) is 5.75 Å². The summed E-state index contributed by atoms with van der Waals surface area (Å²) in [5.41, 5.74) is 1.97. The number of piperazine rings is 1. The molecular weight excluding hydrogens is 307 g/mol. The first-order chi connectivity index (χ1) is 11.5. The molecule has 1 N–H and O–H groups in total. The van der Waals surface area contributed by atoms with E-state index in [1.54, 1.807) is 19.2 Å². The lowest BCUT2D eigenvalue weighted by molar-refractivity contribution is 0.0630.